The Labute approximate surface area is 189 Å². The quantitative estimate of drug-likeness (QED) is 0.392. The molecule has 0 saturated heterocycles. The monoisotopic (exact) mass is 445 g/mol. The van der Waals surface area contributed by atoms with E-state index in [0.717, 1.165) is 24.3 Å². The predicted octanol–water partition coefficient (Wildman–Crippen LogP) is 5.57. The third kappa shape index (κ3) is 7.16. The lowest BCUT2D eigenvalue weighted by atomic mass is 10.1. The van der Waals surface area contributed by atoms with Crippen LogP contribution in [0, 0.1) is 5.82 Å². The minimum Gasteiger partial charge on any atom is -0.497 e. The lowest BCUT2D eigenvalue weighted by Crippen LogP contribution is -2.17. The fourth-order valence-electron chi connectivity index (χ4n) is 3.15. The Morgan fingerprint density at radius 1 is 0.871 bits per heavy atom. The first kappa shape index (κ1) is 24.5. The van der Waals surface area contributed by atoms with Crippen molar-refractivity contribution in [1.82, 2.24) is 5.32 Å². The lowest BCUT2D eigenvalue weighted by Gasteiger charge is -2.17. The zero-order valence-electron chi connectivity index (χ0n) is 17.9. The number of rotatable bonds is 11. The maximum Gasteiger partial charge on any atom is 0.166 e. The first-order valence-corrected chi connectivity index (χ1v) is 10.2. The summed E-state index contributed by atoms with van der Waals surface area (Å²) in [4.78, 5) is 0. The van der Waals surface area contributed by atoms with E-state index in [1.807, 2.05) is 37.3 Å². The van der Waals surface area contributed by atoms with E-state index in [-0.39, 0.29) is 24.8 Å². The van der Waals surface area contributed by atoms with Crippen LogP contribution in [0.4, 0.5) is 4.39 Å². The molecule has 3 rings (SSSR count). The summed E-state index contributed by atoms with van der Waals surface area (Å²) in [6.45, 7) is 4.06. The van der Waals surface area contributed by atoms with Crippen LogP contribution < -0.4 is 19.5 Å². The van der Waals surface area contributed by atoms with Crippen molar-refractivity contribution in [3.63, 3.8) is 0 Å². The summed E-state index contributed by atoms with van der Waals surface area (Å²) in [7, 11) is 1.67. The average molecular weight is 446 g/mol. The van der Waals surface area contributed by atoms with Crippen LogP contribution in [0.3, 0.4) is 0 Å². The highest BCUT2D eigenvalue weighted by Gasteiger charge is 2.12. The molecule has 0 aliphatic heterocycles. The Morgan fingerprint density at radius 3 is 2.32 bits per heavy atom. The van der Waals surface area contributed by atoms with Crippen LogP contribution in [0.25, 0.3) is 0 Å². The van der Waals surface area contributed by atoms with Crippen LogP contribution in [0.5, 0.6) is 17.2 Å². The van der Waals surface area contributed by atoms with E-state index in [2.05, 4.69) is 17.4 Å². The second kappa shape index (κ2) is 12.8. The van der Waals surface area contributed by atoms with Gasteiger partial charge in [-0.05, 0) is 49.7 Å². The topological polar surface area (TPSA) is 39.7 Å². The van der Waals surface area contributed by atoms with E-state index in [1.165, 1.54) is 11.6 Å². The summed E-state index contributed by atoms with van der Waals surface area (Å²) in [5, 5.41) is 3.46. The predicted molar refractivity (Wildman–Crippen MR) is 124 cm³/mol. The molecule has 1 N–H and O–H groups in total. The molecule has 0 radical (unpaired) electrons. The van der Waals surface area contributed by atoms with Crippen molar-refractivity contribution in [2.75, 3.05) is 20.3 Å². The van der Waals surface area contributed by atoms with E-state index < -0.39 is 0 Å². The van der Waals surface area contributed by atoms with Gasteiger partial charge in [0.2, 0.25) is 0 Å². The molecule has 3 aromatic carbocycles. The normalized spacial score (nSPS) is 10.3. The van der Waals surface area contributed by atoms with Crippen LogP contribution in [0.2, 0.25) is 0 Å². The van der Waals surface area contributed by atoms with Gasteiger partial charge in [0.05, 0.1) is 13.7 Å². The third-order valence-electron chi connectivity index (χ3n) is 4.76. The van der Waals surface area contributed by atoms with Gasteiger partial charge in [-0.1, -0.05) is 42.5 Å². The van der Waals surface area contributed by atoms with Gasteiger partial charge in [0, 0.05) is 17.7 Å². The molecular formula is C25H29ClFNO3. The first-order valence-electron chi connectivity index (χ1n) is 10.2. The average Bonchev–Trinajstić information content (AvgIpc) is 2.78. The molecule has 0 unspecified atom stereocenters. The summed E-state index contributed by atoms with van der Waals surface area (Å²) in [6, 6.07) is 20.5. The maximum absolute atomic E-state index is 14.0. The Morgan fingerprint density at radius 2 is 1.61 bits per heavy atom. The summed E-state index contributed by atoms with van der Waals surface area (Å²) in [5.74, 6) is 1.91. The van der Waals surface area contributed by atoms with E-state index in [9.17, 15) is 4.39 Å². The number of hydrogen-bond acceptors (Lipinski definition) is 4. The highest BCUT2D eigenvalue weighted by molar-refractivity contribution is 5.85. The fraction of sp³-hybridized carbons (Fsp3) is 0.280. The van der Waals surface area contributed by atoms with E-state index in [4.69, 9.17) is 14.2 Å². The lowest BCUT2D eigenvalue weighted by molar-refractivity contribution is 0.262. The van der Waals surface area contributed by atoms with Gasteiger partial charge in [-0.15, -0.1) is 12.4 Å². The van der Waals surface area contributed by atoms with E-state index >= 15 is 0 Å². The molecular weight excluding hydrogens is 417 g/mol. The highest BCUT2D eigenvalue weighted by atomic mass is 35.5. The number of nitrogens with one attached hydrogen (secondary N) is 1. The molecule has 0 spiro atoms. The minimum absolute atomic E-state index is 0. The molecule has 0 atom stereocenters. The van der Waals surface area contributed by atoms with Gasteiger partial charge in [-0.3, -0.25) is 0 Å². The molecule has 0 saturated carbocycles. The number of halogens is 2. The van der Waals surface area contributed by atoms with Crippen LogP contribution >= 0.6 is 12.4 Å². The van der Waals surface area contributed by atoms with E-state index in [0.29, 0.717) is 30.2 Å². The number of benzene rings is 3. The summed E-state index contributed by atoms with van der Waals surface area (Å²) in [5.41, 5.74) is 2.73. The number of ether oxygens (including phenoxy) is 3. The second-order valence-corrected chi connectivity index (χ2v) is 6.83. The standard InChI is InChI=1S/C25H28FNO3.ClH/c1-3-29-24-10-6-8-20(25(24)30-18-21-7-4-5-9-23(21)26)17-27-16-15-19-11-13-22(28-2)14-12-19;/h4-14,27H,3,15-18H2,1-2H3;1H. The first-order chi connectivity index (χ1) is 14.7. The van der Waals surface area contributed by atoms with E-state index in [1.54, 1.807) is 25.3 Å². The van der Waals surface area contributed by atoms with Gasteiger partial charge in [0.1, 0.15) is 18.2 Å². The van der Waals surface area contributed by atoms with Crippen LogP contribution in [-0.2, 0) is 19.6 Å². The maximum atomic E-state index is 14.0. The van der Waals surface area contributed by atoms with Gasteiger partial charge in [-0.2, -0.15) is 0 Å². The third-order valence-corrected chi connectivity index (χ3v) is 4.76. The van der Waals surface area contributed by atoms with Crippen LogP contribution in [0.15, 0.2) is 66.7 Å². The summed E-state index contributed by atoms with van der Waals surface area (Å²) < 4.78 is 30.9. The Kier molecular flexibility index (Phi) is 10.1. The van der Waals surface area contributed by atoms with Crippen molar-refractivity contribution in [2.45, 2.75) is 26.5 Å². The number of hydrogen-bond donors (Lipinski definition) is 1. The van der Waals surface area contributed by atoms with Crippen molar-refractivity contribution in [2.24, 2.45) is 0 Å². The summed E-state index contributed by atoms with van der Waals surface area (Å²) >= 11 is 0. The molecule has 4 nitrogen and oxygen atoms in total. The van der Waals surface area contributed by atoms with Crippen molar-refractivity contribution in [3.05, 3.63) is 89.2 Å². The molecule has 0 heterocycles. The summed E-state index contributed by atoms with van der Waals surface area (Å²) in [6.07, 6.45) is 0.903. The molecule has 0 aliphatic carbocycles. The van der Waals surface area contributed by atoms with Gasteiger partial charge in [0.25, 0.3) is 0 Å². The van der Waals surface area contributed by atoms with Gasteiger partial charge in [-0.25, -0.2) is 4.39 Å². The smallest absolute Gasteiger partial charge is 0.166 e. The zero-order chi connectivity index (χ0) is 21.2. The van der Waals surface area contributed by atoms with Crippen LogP contribution in [0.1, 0.15) is 23.6 Å². The SMILES string of the molecule is CCOc1cccc(CNCCc2ccc(OC)cc2)c1OCc1ccccc1F.Cl. The number of methoxy groups -OCH3 is 1. The minimum atomic E-state index is -0.273. The Hall–Kier alpha value is -2.76. The van der Waals surface area contributed by atoms with Gasteiger partial charge >= 0.3 is 0 Å². The Balaban J connectivity index is 0.00000341. The largest absolute Gasteiger partial charge is 0.497 e. The van der Waals surface area contributed by atoms with Crippen molar-refractivity contribution in [3.8, 4) is 17.2 Å². The second-order valence-electron chi connectivity index (χ2n) is 6.83. The Bertz CT molecular complexity index is 934. The molecule has 0 bridgehead atoms. The molecule has 0 aliphatic rings. The van der Waals surface area contributed by atoms with Crippen molar-refractivity contribution >= 4 is 12.4 Å². The molecule has 0 amide bonds. The number of para-hydroxylation sites is 1. The van der Waals surface area contributed by atoms with Gasteiger partial charge < -0.3 is 19.5 Å². The molecule has 6 heteroatoms. The molecule has 3 aromatic rings. The zero-order valence-corrected chi connectivity index (χ0v) is 18.7. The molecule has 31 heavy (non-hydrogen) atoms. The molecule has 0 aromatic heterocycles. The van der Waals surface area contributed by atoms with Crippen LogP contribution in [-0.4, -0.2) is 20.3 Å². The van der Waals surface area contributed by atoms with Gasteiger partial charge in [0.15, 0.2) is 11.5 Å². The molecule has 0 fully saturated rings. The fourth-order valence-corrected chi connectivity index (χ4v) is 3.15. The highest BCUT2D eigenvalue weighted by Crippen LogP contribution is 2.32. The van der Waals surface area contributed by atoms with Crippen molar-refractivity contribution < 1.29 is 18.6 Å². The van der Waals surface area contributed by atoms with Crippen molar-refractivity contribution in [1.29, 1.82) is 0 Å². The molecule has 166 valence electrons.